The van der Waals surface area contributed by atoms with Crippen molar-refractivity contribution < 1.29 is 4.79 Å². The van der Waals surface area contributed by atoms with Crippen LogP contribution in [0.1, 0.15) is 35.6 Å². The van der Waals surface area contributed by atoms with Gasteiger partial charge in [-0.2, -0.15) is 0 Å². The Hall–Kier alpha value is -3.11. The fourth-order valence-electron chi connectivity index (χ4n) is 3.98. The number of hydrogen-bond donors (Lipinski definition) is 2. The van der Waals surface area contributed by atoms with Crippen molar-refractivity contribution in [3.05, 3.63) is 101 Å². The number of nitrogens with zero attached hydrogens (tertiary/aromatic N) is 1. The maximum atomic E-state index is 12.8. The molecular formula is C26H26ClN3O. The van der Waals surface area contributed by atoms with Gasteiger partial charge < -0.3 is 10.3 Å². The third kappa shape index (κ3) is 5.74. The zero-order valence-electron chi connectivity index (χ0n) is 17.4. The molecule has 2 heterocycles. The zero-order valence-corrected chi connectivity index (χ0v) is 18.1. The van der Waals surface area contributed by atoms with E-state index in [-0.39, 0.29) is 11.8 Å². The number of halogens is 1. The van der Waals surface area contributed by atoms with Gasteiger partial charge in [-0.1, -0.05) is 48.0 Å². The highest BCUT2D eigenvalue weighted by atomic mass is 35.5. The number of hydrogen-bond acceptors (Lipinski definition) is 2. The molecule has 31 heavy (non-hydrogen) atoms. The lowest BCUT2D eigenvalue weighted by atomic mass is 9.89. The summed E-state index contributed by atoms with van der Waals surface area (Å²) < 4.78 is 0. The van der Waals surface area contributed by atoms with Crippen molar-refractivity contribution in [3.8, 4) is 0 Å². The number of pyridine rings is 1. The summed E-state index contributed by atoms with van der Waals surface area (Å²) in [4.78, 5) is 20.4. The molecule has 0 aliphatic carbocycles. The number of amides is 1. The molecule has 5 heteroatoms. The highest BCUT2D eigenvalue weighted by Crippen LogP contribution is 2.33. The highest BCUT2D eigenvalue weighted by molar-refractivity contribution is 6.31. The average molecular weight is 432 g/mol. The molecule has 158 valence electrons. The number of benzene rings is 2. The van der Waals surface area contributed by atoms with Crippen LogP contribution >= 0.6 is 11.6 Å². The fourth-order valence-corrected chi connectivity index (χ4v) is 4.15. The van der Waals surface area contributed by atoms with Crippen molar-refractivity contribution >= 4 is 28.4 Å². The lowest BCUT2D eigenvalue weighted by Crippen LogP contribution is -2.27. The van der Waals surface area contributed by atoms with E-state index in [4.69, 9.17) is 11.6 Å². The Kier molecular flexibility index (Phi) is 7.00. The summed E-state index contributed by atoms with van der Waals surface area (Å²) in [6, 6.07) is 22.1. The molecule has 0 bridgehead atoms. The van der Waals surface area contributed by atoms with Crippen LogP contribution < -0.4 is 5.32 Å². The Morgan fingerprint density at radius 3 is 2.68 bits per heavy atom. The summed E-state index contributed by atoms with van der Waals surface area (Å²) in [6.45, 7) is 0.584. The molecule has 0 radical (unpaired) electrons. The number of nitrogens with one attached hydrogen (secondary N) is 2. The second-order valence-corrected chi connectivity index (χ2v) is 8.22. The summed E-state index contributed by atoms with van der Waals surface area (Å²) in [5.41, 5.74) is 4.45. The van der Waals surface area contributed by atoms with Crippen molar-refractivity contribution in [1.29, 1.82) is 0 Å². The van der Waals surface area contributed by atoms with E-state index in [1.807, 2.05) is 48.7 Å². The first-order valence-electron chi connectivity index (χ1n) is 10.7. The number of carbonyl (C=O) groups is 1. The van der Waals surface area contributed by atoms with Gasteiger partial charge in [-0.05, 0) is 60.2 Å². The van der Waals surface area contributed by atoms with Gasteiger partial charge in [0, 0.05) is 53.4 Å². The standard InChI is InChI=1S/C26H26ClN3O/c27-21-11-12-25-23(17-21)24(18-30-25)20(10-9-19-6-2-1-3-7-19)16-26(31)29-15-13-22-8-4-5-14-28-22/h1-8,11-12,14,17-18,20,30H,9-10,13,15-16H2,(H,29,31)/t20-/m0/s1. The molecule has 0 aliphatic heterocycles. The van der Waals surface area contributed by atoms with Gasteiger partial charge in [-0.3, -0.25) is 9.78 Å². The average Bonchev–Trinajstić information content (AvgIpc) is 3.21. The molecule has 2 aromatic heterocycles. The van der Waals surface area contributed by atoms with Gasteiger partial charge >= 0.3 is 0 Å². The van der Waals surface area contributed by atoms with Crippen LogP contribution in [0.25, 0.3) is 10.9 Å². The smallest absolute Gasteiger partial charge is 0.220 e. The molecule has 0 spiro atoms. The fraction of sp³-hybridized carbons (Fsp3) is 0.231. The molecule has 0 fully saturated rings. The number of aryl methyl sites for hydroxylation is 1. The maximum absolute atomic E-state index is 12.8. The maximum Gasteiger partial charge on any atom is 0.220 e. The van der Waals surface area contributed by atoms with E-state index in [2.05, 4.69) is 39.6 Å². The molecule has 0 saturated carbocycles. The number of carbonyl (C=O) groups excluding carboxylic acids is 1. The summed E-state index contributed by atoms with van der Waals surface area (Å²) in [5.74, 6) is 0.160. The summed E-state index contributed by atoms with van der Waals surface area (Å²) in [5, 5.41) is 4.86. The normalized spacial score (nSPS) is 12.0. The first kappa shape index (κ1) is 21.1. The Labute approximate surface area is 187 Å². The molecule has 4 nitrogen and oxygen atoms in total. The van der Waals surface area contributed by atoms with Crippen molar-refractivity contribution in [2.75, 3.05) is 6.54 Å². The Morgan fingerprint density at radius 1 is 1.03 bits per heavy atom. The molecule has 1 amide bonds. The van der Waals surface area contributed by atoms with Gasteiger partial charge in [-0.15, -0.1) is 0 Å². The third-order valence-corrected chi connectivity index (χ3v) is 5.84. The van der Waals surface area contributed by atoms with Gasteiger partial charge in [0.15, 0.2) is 0 Å². The number of rotatable bonds is 9. The van der Waals surface area contributed by atoms with Crippen molar-refractivity contribution in [3.63, 3.8) is 0 Å². The lowest BCUT2D eigenvalue weighted by molar-refractivity contribution is -0.121. The Balaban J connectivity index is 1.46. The summed E-state index contributed by atoms with van der Waals surface area (Å²) in [6.07, 6.45) is 6.77. The van der Waals surface area contributed by atoms with Crippen molar-refractivity contribution in [2.45, 2.75) is 31.6 Å². The van der Waals surface area contributed by atoms with Gasteiger partial charge in [0.25, 0.3) is 0 Å². The van der Waals surface area contributed by atoms with Gasteiger partial charge in [0.05, 0.1) is 0 Å². The van der Waals surface area contributed by atoms with E-state index in [1.54, 1.807) is 6.20 Å². The van der Waals surface area contributed by atoms with Crippen LogP contribution in [0, 0.1) is 0 Å². The molecule has 0 saturated heterocycles. The predicted octanol–water partition coefficient (Wildman–Crippen LogP) is 5.68. The van der Waals surface area contributed by atoms with E-state index in [0.29, 0.717) is 18.0 Å². The SMILES string of the molecule is O=C(C[C@H](CCc1ccccc1)c1c[nH]c2ccc(Cl)cc12)NCCc1ccccn1. The van der Waals surface area contributed by atoms with E-state index in [0.717, 1.165) is 41.4 Å². The molecule has 1 atom stereocenters. The molecule has 2 aromatic carbocycles. The van der Waals surface area contributed by atoms with E-state index < -0.39 is 0 Å². The van der Waals surface area contributed by atoms with Gasteiger partial charge in [0.2, 0.25) is 5.91 Å². The Bertz CT molecular complexity index is 1130. The van der Waals surface area contributed by atoms with Crippen molar-refractivity contribution in [2.24, 2.45) is 0 Å². The first-order chi connectivity index (χ1) is 15.2. The predicted molar refractivity (Wildman–Crippen MR) is 126 cm³/mol. The second kappa shape index (κ2) is 10.3. The minimum absolute atomic E-state index is 0.0605. The zero-order chi connectivity index (χ0) is 21.5. The second-order valence-electron chi connectivity index (χ2n) is 7.78. The van der Waals surface area contributed by atoms with Crippen LogP contribution in [-0.4, -0.2) is 22.4 Å². The Morgan fingerprint density at radius 2 is 1.87 bits per heavy atom. The highest BCUT2D eigenvalue weighted by Gasteiger charge is 2.20. The number of H-pyrrole nitrogens is 1. The molecule has 2 N–H and O–H groups in total. The van der Waals surface area contributed by atoms with Crippen LogP contribution in [-0.2, 0) is 17.6 Å². The van der Waals surface area contributed by atoms with Crippen LogP contribution in [0.5, 0.6) is 0 Å². The molecule has 0 unspecified atom stereocenters. The number of aromatic amines is 1. The van der Waals surface area contributed by atoms with Crippen LogP contribution in [0.2, 0.25) is 5.02 Å². The monoisotopic (exact) mass is 431 g/mol. The van der Waals surface area contributed by atoms with Crippen LogP contribution in [0.4, 0.5) is 0 Å². The molecule has 0 aliphatic rings. The van der Waals surface area contributed by atoms with E-state index in [9.17, 15) is 4.79 Å². The van der Waals surface area contributed by atoms with Gasteiger partial charge in [-0.25, -0.2) is 0 Å². The topological polar surface area (TPSA) is 57.8 Å². The largest absolute Gasteiger partial charge is 0.361 e. The molecular weight excluding hydrogens is 406 g/mol. The minimum atomic E-state index is 0.0605. The van der Waals surface area contributed by atoms with E-state index >= 15 is 0 Å². The van der Waals surface area contributed by atoms with Crippen molar-refractivity contribution in [1.82, 2.24) is 15.3 Å². The first-order valence-corrected chi connectivity index (χ1v) is 11.0. The lowest BCUT2D eigenvalue weighted by Gasteiger charge is -2.17. The summed E-state index contributed by atoms with van der Waals surface area (Å²) >= 11 is 6.26. The van der Waals surface area contributed by atoms with Crippen LogP contribution in [0.3, 0.4) is 0 Å². The van der Waals surface area contributed by atoms with Crippen LogP contribution in [0.15, 0.2) is 79.1 Å². The number of fused-ring (bicyclic) bond motifs is 1. The van der Waals surface area contributed by atoms with E-state index in [1.165, 1.54) is 5.56 Å². The molecule has 4 rings (SSSR count). The molecule has 4 aromatic rings. The summed E-state index contributed by atoms with van der Waals surface area (Å²) in [7, 11) is 0. The van der Waals surface area contributed by atoms with Gasteiger partial charge in [0.1, 0.15) is 0 Å². The minimum Gasteiger partial charge on any atom is -0.361 e. The number of aromatic nitrogens is 2. The quantitative estimate of drug-likeness (QED) is 0.358. The third-order valence-electron chi connectivity index (χ3n) is 5.60.